The van der Waals surface area contributed by atoms with E-state index in [9.17, 15) is 14.9 Å². The Morgan fingerprint density at radius 3 is 2.84 bits per heavy atom. The molecule has 7 heteroatoms. The second-order valence-corrected chi connectivity index (χ2v) is 5.57. The first-order valence-corrected chi connectivity index (χ1v) is 6.74. The molecule has 0 radical (unpaired) electrons. The summed E-state index contributed by atoms with van der Waals surface area (Å²) < 4.78 is 0.605. The van der Waals surface area contributed by atoms with Gasteiger partial charge in [-0.25, -0.2) is 0 Å². The Morgan fingerprint density at radius 2 is 2.26 bits per heavy atom. The fraction of sp³-hybridized carbons (Fsp3) is 0.417. The van der Waals surface area contributed by atoms with Crippen molar-refractivity contribution in [2.24, 2.45) is 11.8 Å². The Bertz CT molecular complexity index is 521. The first-order chi connectivity index (χ1) is 8.99. The summed E-state index contributed by atoms with van der Waals surface area (Å²) in [5, 5.41) is 16.7. The lowest BCUT2D eigenvalue weighted by Gasteiger charge is -2.14. The highest BCUT2D eigenvalue weighted by atomic mass is 79.9. The Kier molecular flexibility index (Phi) is 4.16. The van der Waals surface area contributed by atoms with Crippen LogP contribution in [0.4, 0.5) is 11.4 Å². The lowest BCUT2D eigenvalue weighted by Crippen LogP contribution is -2.28. The number of nitrogens with one attached hydrogen (secondary N) is 2. The van der Waals surface area contributed by atoms with Crippen LogP contribution in [0.5, 0.6) is 0 Å². The summed E-state index contributed by atoms with van der Waals surface area (Å²) in [6.07, 6.45) is 0. The number of halogens is 1. The van der Waals surface area contributed by atoms with Crippen molar-refractivity contribution < 1.29 is 9.72 Å². The van der Waals surface area contributed by atoms with E-state index in [1.165, 1.54) is 12.1 Å². The maximum Gasteiger partial charge on any atom is 0.293 e. The summed E-state index contributed by atoms with van der Waals surface area (Å²) >= 11 is 3.18. The van der Waals surface area contributed by atoms with E-state index in [-0.39, 0.29) is 29.1 Å². The van der Waals surface area contributed by atoms with Crippen LogP contribution in [0, 0.1) is 22.0 Å². The summed E-state index contributed by atoms with van der Waals surface area (Å²) in [6, 6.07) is 4.58. The molecule has 1 amide bonds. The predicted octanol–water partition coefficient (Wildman–Crippen LogP) is 2.15. The summed E-state index contributed by atoms with van der Waals surface area (Å²) in [4.78, 5) is 22.6. The monoisotopic (exact) mass is 327 g/mol. The van der Waals surface area contributed by atoms with E-state index in [2.05, 4.69) is 26.6 Å². The van der Waals surface area contributed by atoms with E-state index in [0.717, 1.165) is 6.54 Å². The first-order valence-electron chi connectivity index (χ1n) is 5.94. The smallest absolute Gasteiger partial charge is 0.293 e. The fourth-order valence-corrected chi connectivity index (χ4v) is 2.50. The zero-order chi connectivity index (χ0) is 14.0. The van der Waals surface area contributed by atoms with Crippen molar-refractivity contribution in [1.29, 1.82) is 0 Å². The Labute approximate surface area is 118 Å². The third-order valence-electron chi connectivity index (χ3n) is 3.27. The molecule has 1 aliphatic heterocycles. The van der Waals surface area contributed by atoms with Gasteiger partial charge in [-0.3, -0.25) is 14.9 Å². The zero-order valence-electron chi connectivity index (χ0n) is 10.4. The van der Waals surface area contributed by atoms with E-state index in [1.807, 2.05) is 6.92 Å². The molecule has 2 rings (SSSR count). The largest absolute Gasteiger partial charge is 0.320 e. The molecular weight excluding hydrogens is 314 g/mol. The van der Waals surface area contributed by atoms with Crippen LogP contribution in [-0.4, -0.2) is 23.9 Å². The molecular formula is C12H14BrN3O3. The van der Waals surface area contributed by atoms with Gasteiger partial charge < -0.3 is 10.6 Å². The van der Waals surface area contributed by atoms with Gasteiger partial charge in [-0.2, -0.15) is 0 Å². The third kappa shape index (κ3) is 3.10. The number of nitro benzene ring substituents is 1. The lowest BCUT2D eigenvalue weighted by atomic mass is 9.97. The molecule has 2 unspecified atom stereocenters. The molecule has 102 valence electrons. The molecule has 1 fully saturated rings. The molecule has 19 heavy (non-hydrogen) atoms. The molecule has 1 saturated heterocycles. The highest BCUT2D eigenvalue weighted by Gasteiger charge is 2.30. The molecule has 0 saturated carbocycles. The van der Waals surface area contributed by atoms with Gasteiger partial charge in [0.15, 0.2) is 0 Å². The van der Waals surface area contributed by atoms with E-state index in [1.54, 1.807) is 6.07 Å². The van der Waals surface area contributed by atoms with Gasteiger partial charge in [0.1, 0.15) is 5.69 Å². The number of amides is 1. The van der Waals surface area contributed by atoms with Gasteiger partial charge in [-0.15, -0.1) is 0 Å². The van der Waals surface area contributed by atoms with Gasteiger partial charge >= 0.3 is 0 Å². The SMILES string of the molecule is CC1CNCC1C(=O)Nc1ccc(Br)cc1[N+](=O)[O-]. The number of carbonyl (C=O) groups is 1. The van der Waals surface area contributed by atoms with Gasteiger partial charge in [0.25, 0.3) is 5.69 Å². The van der Waals surface area contributed by atoms with Crippen molar-refractivity contribution in [3.05, 3.63) is 32.8 Å². The number of anilines is 1. The summed E-state index contributed by atoms with van der Waals surface area (Å²) in [5.74, 6) is -0.0966. The van der Waals surface area contributed by atoms with Gasteiger partial charge in [0.05, 0.1) is 10.8 Å². The molecule has 2 N–H and O–H groups in total. The summed E-state index contributed by atoms with van der Waals surface area (Å²) in [6.45, 7) is 3.39. The second kappa shape index (κ2) is 5.66. The maximum absolute atomic E-state index is 12.1. The van der Waals surface area contributed by atoms with Gasteiger partial charge in [0, 0.05) is 17.1 Å². The molecule has 1 heterocycles. The second-order valence-electron chi connectivity index (χ2n) is 4.65. The quantitative estimate of drug-likeness (QED) is 0.658. The van der Waals surface area contributed by atoms with Gasteiger partial charge in [-0.1, -0.05) is 22.9 Å². The van der Waals surface area contributed by atoms with Crippen LogP contribution in [0.2, 0.25) is 0 Å². The van der Waals surface area contributed by atoms with Crippen LogP contribution in [-0.2, 0) is 4.79 Å². The molecule has 0 bridgehead atoms. The molecule has 1 aromatic rings. The van der Waals surface area contributed by atoms with Crippen LogP contribution in [0.3, 0.4) is 0 Å². The first kappa shape index (κ1) is 14.0. The topological polar surface area (TPSA) is 84.3 Å². The van der Waals surface area contributed by atoms with Crippen molar-refractivity contribution in [1.82, 2.24) is 5.32 Å². The maximum atomic E-state index is 12.1. The predicted molar refractivity (Wildman–Crippen MR) is 74.9 cm³/mol. The van der Waals surface area contributed by atoms with Gasteiger partial charge in [0.2, 0.25) is 5.91 Å². The molecule has 0 spiro atoms. The van der Waals surface area contributed by atoms with E-state index in [4.69, 9.17) is 0 Å². The van der Waals surface area contributed by atoms with E-state index in [0.29, 0.717) is 11.0 Å². The Balaban J connectivity index is 2.19. The number of nitrogens with zero attached hydrogens (tertiary/aromatic N) is 1. The fourth-order valence-electron chi connectivity index (χ4n) is 2.15. The number of hydrogen-bond acceptors (Lipinski definition) is 4. The Morgan fingerprint density at radius 1 is 1.53 bits per heavy atom. The van der Waals surface area contributed by atoms with Crippen molar-refractivity contribution >= 4 is 33.2 Å². The number of carbonyl (C=O) groups excluding carboxylic acids is 1. The van der Waals surface area contributed by atoms with Crippen LogP contribution in [0.15, 0.2) is 22.7 Å². The molecule has 0 aliphatic carbocycles. The van der Waals surface area contributed by atoms with Crippen molar-refractivity contribution in [3.63, 3.8) is 0 Å². The van der Waals surface area contributed by atoms with Crippen molar-refractivity contribution in [2.75, 3.05) is 18.4 Å². The number of nitro groups is 1. The standard InChI is InChI=1S/C12H14BrN3O3/c1-7-5-14-6-9(7)12(17)15-10-3-2-8(13)4-11(10)16(18)19/h2-4,7,9,14H,5-6H2,1H3,(H,15,17). The number of hydrogen-bond donors (Lipinski definition) is 2. The average molecular weight is 328 g/mol. The average Bonchev–Trinajstić information content (AvgIpc) is 2.77. The Hall–Kier alpha value is -1.47. The molecule has 1 aliphatic rings. The van der Waals surface area contributed by atoms with Crippen LogP contribution in [0.1, 0.15) is 6.92 Å². The minimum absolute atomic E-state index is 0.110. The minimum atomic E-state index is -0.503. The van der Waals surface area contributed by atoms with Gasteiger partial charge in [-0.05, 0) is 24.6 Å². The van der Waals surface area contributed by atoms with E-state index < -0.39 is 4.92 Å². The van der Waals surface area contributed by atoms with Crippen LogP contribution >= 0.6 is 15.9 Å². The van der Waals surface area contributed by atoms with Crippen LogP contribution in [0.25, 0.3) is 0 Å². The highest BCUT2D eigenvalue weighted by molar-refractivity contribution is 9.10. The normalized spacial score (nSPS) is 22.2. The summed E-state index contributed by atoms with van der Waals surface area (Å²) in [5.41, 5.74) is 0.124. The van der Waals surface area contributed by atoms with Crippen LogP contribution < -0.4 is 10.6 Å². The minimum Gasteiger partial charge on any atom is -0.320 e. The summed E-state index contributed by atoms with van der Waals surface area (Å²) in [7, 11) is 0. The van der Waals surface area contributed by atoms with E-state index >= 15 is 0 Å². The van der Waals surface area contributed by atoms with Crippen molar-refractivity contribution in [2.45, 2.75) is 6.92 Å². The number of rotatable bonds is 3. The third-order valence-corrected chi connectivity index (χ3v) is 3.76. The van der Waals surface area contributed by atoms with Crippen molar-refractivity contribution in [3.8, 4) is 0 Å². The lowest BCUT2D eigenvalue weighted by molar-refractivity contribution is -0.384. The zero-order valence-corrected chi connectivity index (χ0v) is 11.9. The highest BCUT2D eigenvalue weighted by Crippen LogP contribution is 2.29. The molecule has 6 nitrogen and oxygen atoms in total. The number of benzene rings is 1. The molecule has 1 aromatic carbocycles. The molecule has 0 aromatic heterocycles. The molecule has 2 atom stereocenters.